The van der Waals surface area contributed by atoms with Gasteiger partial charge in [0.25, 0.3) is 0 Å². The van der Waals surface area contributed by atoms with Gasteiger partial charge < -0.3 is 10.0 Å². The molecule has 1 N–H and O–H groups in total. The number of aromatic hydroxyl groups is 1. The molecule has 0 saturated heterocycles. The van der Waals surface area contributed by atoms with Gasteiger partial charge in [0, 0.05) is 17.1 Å². The molecule has 7 aromatic rings. The van der Waals surface area contributed by atoms with Gasteiger partial charge in [0.1, 0.15) is 13.6 Å². The first-order valence-electron chi connectivity index (χ1n) is 15.9. The molecule has 0 amide bonds. The van der Waals surface area contributed by atoms with Crippen molar-refractivity contribution in [1.82, 2.24) is 0 Å². The number of phenolic OH excluding ortho intramolecular Hbond substituents is 1. The van der Waals surface area contributed by atoms with Crippen LogP contribution in [0, 0.1) is 0 Å². The summed E-state index contributed by atoms with van der Waals surface area (Å²) >= 11 is 0. The lowest BCUT2D eigenvalue weighted by molar-refractivity contribution is 0.475. The molecule has 0 fully saturated rings. The van der Waals surface area contributed by atoms with Gasteiger partial charge in [-0.3, -0.25) is 0 Å². The zero-order valence-electron chi connectivity index (χ0n) is 26.3. The maximum Gasteiger partial charge on any atom is 0.140 e. The Labute approximate surface area is 278 Å². The Morgan fingerprint density at radius 3 is 1.15 bits per heavy atom. The minimum Gasteiger partial charge on any atom is -0.508 e. The van der Waals surface area contributed by atoms with Crippen LogP contribution in [0.5, 0.6) is 5.75 Å². The Bertz CT molecular complexity index is 2010. The Kier molecular flexibility index (Phi) is 8.53. The van der Waals surface area contributed by atoms with Gasteiger partial charge >= 0.3 is 0 Å². The van der Waals surface area contributed by atoms with Crippen LogP contribution >= 0.6 is 0 Å². The molecule has 0 heterocycles. The quantitative estimate of drug-likeness (QED) is 0.138. The molecule has 0 aliphatic carbocycles. The minimum atomic E-state index is 0.261. The van der Waals surface area contributed by atoms with Gasteiger partial charge in [0.15, 0.2) is 0 Å². The number of phenols is 1. The van der Waals surface area contributed by atoms with Crippen molar-refractivity contribution in [2.24, 2.45) is 0 Å². The summed E-state index contributed by atoms with van der Waals surface area (Å²) in [5.41, 5.74) is 13.7. The highest BCUT2D eigenvalue weighted by Gasteiger charge is 2.15. The van der Waals surface area contributed by atoms with E-state index in [1.54, 1.807) is 12.1 Å². The van der Waals surface area contributed by atoms with E-state index in [2.05, 4.69) is 158 Å². The maximum atomic E-state index is 9.96. The van der Waals surface area contributed by atoms with E-state index >= 15 is 0 Å². The van der Waals surface area contributed by atoms with Gasteiger partial charge in [-0.15, -0.1) is 0 Å². The second kappa shape index (κ2) is 13.5. The van der Waals surface area contributed by atoms with Crippen molar-refractivity contribution >= 4 is 36.0 Å². The highest BCUT2D eigenvalue weighted by molar-refractivity contribution is 6.47. The third-order valence-corrected chi connectivity index (χ3v) is 8.62. The number of anilines is 3. The molecule has 7 rings (SSSR count). The van der Waals surface area contributed by atoms with E-state index in [1.165, 1.54) is 27.7 Å². The van der Waals surface area contributed by atoms with E-state index in [0.29, 0.717) is 0 Å². The van der Waals surface area contributed by atoms with Crippen LogP contribution in [0.3, 0.4) is 0 Å². The van der Waals surface area contributed by atoms with Crippen molar-refractivity contribution in [3.63, 3.8) is 0 Å². The van der Waals surface area contributed by atoms with Crippen LogP contribution in [0.4, 0.5) is 17.1 Å². The Morgan fingerprint density at radius 1 is 0.362 bits per heavy atom. The molecule has 0 saturated carbocycles. The van der Waals surface area contributed by atoms with E-state index in [1.807, 2.05) is 30.3 Å². The molecule has 0 aliphatic rings. The largest absolute Gasteiger partial charge is 0.508 e. The van der Waals surface area contributed by atoms with Crippen LogP contribution in [0.2, 0.25) is 0 Å². The molecule has 7 aromatic carbocycles. The molecule has 224 valence electrons. The summed E-state index contributed by atoms with van der Waals surface area (Å²) in [4.78, 5) is 2.31. The lowest BCUT2D eigenvalue weighted by Crippen LogP contribution is -2.10. The van der Waals surface area contributed by atoms with E-state index < -0.39 is 0 Å². The zero-order chi connectivity index (χ0) is 32.0. The molecule has 0 bridgehead atoms. The van der Waals surface area contributed by atoms with Crippen molar-refractivity contribution in [2.45, 2.75) is 0 Å². The van der Waals surface area contributed by atoms with Gasteiger partial charge in [0.05, 0.1) is 0 Å². The van der Waals surface area contributed by atoms with Gasteiger partial charge in [-0.1, -0.05) is 145 Å². The average molecular weight is 604 g/mol. The van der Waals surface area contributed by atoms with E-state index in [0.717, 1.165) is 39.3 Å². The van der Waals surface area contributed by atoms with Gasteiger partial charge in [0.2, 0.25) is 0 Å². The molecule has 2 nitrogen and oxygen atoms in total. The topological polar surface area (TPSA) is 23.5 Å². The molecule has 0 atom stereocenters. The smallest absolute Gasteiger partial charge is 0.140 e. The van der Waals surface area contributed by atoms with Crippen molar-refractivity contribution in [3.8, 4) is 28.0 Å². The fourth-order valence-corrected chi connectivity index (χ4v) is 6.15. The molecular weight excluding hydrogens is 569 g/mol. The third-order valence-electron chi connectivity index (χ3n) is 8.62. The van der Waals surface area contributed by atoms with E-state index in [9.17, 15) is 5.11 Å². The molecule has 0 spiro atoms. The zero-order valence-corrected chi connectivity index (χ0v) is 26.3. The molecule has 47 heavy (non-hydrogen) atoms. The fraction of sp³-hybridized carbons (Fsp3) is 0. The van der Waals surface area contributed by atoms with Crippen molar-refractivity contribution in [3.05, 3.63) is 205 Å². The first kappa shape index (κ1) is 29.6. The van der Waals surface area contributed by atoms with Crippen LogP contribution in [0.15, 0.2) is 188 Å². The average Bonchev–Trinajstić information content (AvgIpc) is 3.15. The number of rotatable bonds is 8. The van der Waals surface area contributed by atoms with E-state index in [-0.39, 0.29) is 5.75 Å². The second-order valence-corrected chi connectivity index (χ2v) is 11.6. The number of nitrogens with zero attached hydrogens (tertiary/aromatic N) is 1. The van der Waals surface area contributed by atoms with E-state index in [4.69, 9.17) is 0 Å². The summed E-state index contributed by atoms with van der Waals surface area (Å²) in [5, 5.41) is 9.96. The molecule has 0 radical (unpaired) electrons. The second-order valence-electron chi connectivity index (χ2n) is 11.6. The lowest BCUT2D eigenvalue weighted by Gasteiger charge is -2.26. The molecule has 3 heteroatoms. The SMILES string of the molecule is BC(=C(c1ccccc1)c1ccc(O)cc1)c1ccc(N(c2ccc(-c3ccccc3)cc2)c2ccc(-c3ccccc3)cc2)cc1. The molecule has 0 aromatic heterocycles. The summed E-state index contributed by atoms with van der Waals surface area (Å²) in [7, 11) is 2.17. The Balaban J connectivity index is 1.29. The summed E-state index contributed by atoms with van der Waals surface area (Å²) < 4.78 is 0. The first-order valence-corrected chi connectivity index (χ1v) is 15.9. The first-order chi connectivity index (χ1) is 23.1. The molecular formula is C44H34BNO. The predicted molar refractivity (Wildman–Crippen MR) is 201 cm³/mol. The highest BCUT2D eigenvalue weighted by atomic mass is 16.3. The summed E-state index contributed by atoms with van der Waals surface area (Å²) in [6.07, 6.45) is 0. The molecule has 0 unspecified atom stereocenters. The summed E-state index contributed by atoms with van der Waals surface area (Å²) in [6, 6.07) is 65.3. The summed E-state index contributed by atoms with van der Waals surface area (Å²) in [5.74, 6) is 0.261. The van der Waals surface area contributed by atoms with Gasteiger partial charge in [-0.2, -0.15) is 0 Å². The number of hydrogen-bond donors (Lipinski definition) is 1. The van der Waals surface area contributed by atoms with Gasteiger partial charge in [-0.25, -0.2) is 0 Å². The Morgan fingerprint density at radius 2 is 0.702 bits per heavy atom. The highest BCUT2D eigenvalue weighted by Crippen LogP contribution is 2.38. The van der Waals surface area contributed by atoms with Crippen molar-refractivity contribution in [1.29, 1.82) is 0 Å². The van der Waals surface area contributed by atoms with Crippen molar-refractivity contribution in [2.75, 3.05) is 4.90 Å². The maximum absolute atomic E-state index is 9.96. The third kappa shape index (κ3) is 6.52. The van der Waals surface area contributed by atoms with Crippen LogP contribution < -0.4 is 4.90 Å². The number of hydrogen-bond acceptors (Lipinski definition) is 2. The predicted octanol–water partition coefficient (Wildman–Crippen LogP) is 10.7. The lowest BCUT2D eigenvalue weighted by atomic mass is 9.79. The summed E-state index contributed by atoms with van der Waals surface area (Å²) in [6.45, 7) is 0. The van der Waals surface area contributed by atoms with Crippen LogP contribution in [-0.4, -0.2) is 13.0 Å². The van der Waals surface area contributed by atoms with Crippen LogP contribution in [0.1, 0.15) is 16.7 Å². The normalized spacial score (nSPS) is 11.5. The Hall–Kier alpha value is -6.06. The molecule has 0 aliphatic heterocycles. The number of benzene rings is 7. The minimum absolute atomic E-state index is 0.261. The fourth-order valence-electron chi connectivity index (χ4n) is 6.15. The van der Waals surface area contributed by atoms with Crippen LogP contribution in [-0.2, 0) is 0 Å². The monoisotopic (exact) mass is 603 g/mol. The van der Waals surface area contributed by atoms with Crippen molar-refractivity contribution < 1.29 is 5.11 Å². The standard InChI is InChI=1S/C44H34BNO/c45-44(43(36-14-8-3-9-15-36)37-22-30-42(47)31-23-37)38-20-28-41(29-21-38)46(39-24-16-34(17-25-39)32-10-4-1-5-11-32)40-26-18-35(19-27-40)33-12-6-2-7-13-33/h1-31,47H,45H2. The van der Waals surface area contributed by atoms with Gasteiger partial charge in [-0.05, 0) is 93.0 Å². The van der Waals surface area contributed by atoms with Crippen LogP contribution in [0.25, 0.3) is 33.3 Å².